The van der Waals surface area contributed by atoms with E-state index in [1.54, 1.807) is 0 Å². The fraction of sp³-hybridized carbons (Fsp3) is 0.455. The number of rotatable bonds is 6. The Morgan fingerprint density at radius 2 is 1.90 bits per heavy atom. The van der Waals surface area contributed by atoms with Gasteiger partial charge in [0.05, 0.1) is 11.0 Å². The Morgan fingerprint density at radius 1 is 1.29 bits per heavy atom. The smallest absolute Gasteiger partial charge is 0.293 e. The van der Waals surface area contributed by atoms with Crippen molar-refractivity contribution in [3.63, 3.8) is 0 Å². The summed E-state index contributed by atoms with van der Waals surface area (Å²) >= 11 is 0. The highest BCUT2D eigenvalue weighted by Gasteiger charge is 2.30. The lowest BCUT2D eigenvalue weighted by molar-refractivity contribution is -0.388. The number of nitrogens with one attached hydrogen (secondary N) is 1. The molecule has 116 valence electrons. The number of fused-ring (bicyclic) bond motifs is 1. The van der Waals surface area contributed by atoms with E-state index in [9.17, 15) is 18.5 Å². The Balaban J connectivity index is 2.43. The van der Waals surface area contributed by atoms with Crippen molar-refractivity contribution in [2.75, 3.05) is 26.3 Å². The van der Waals surface area contributed by atoms with E-state index in [2.05, 4.69) is 4.72 Å². The molecular weight excluding hydrogens is 302 g/mol. The van der Waals surface area contributed by atoms with Gasteiger partial charge in [-0.25, -0.2) is 13.1 Å². The van der Waals surface area contributed by atoms with E-state index in [4.69, 9.17) is 15.2 Å². The fourth-order valence-corrected chi connectivity index (χ4v) is 3.04. The van der Waals surface area contributed by atoms with Gasteiger partial charge in [0, 0.05) is 12.6 Å². The number of nitro groups is 1. The second-order valence-electron chi connectivity index (χ2n) is 4.26. The van der Waals surface area contributed by atoms with Gasteiger partial charge in [0.25, 0.3) is 5.69 Å². The van der Waals surface area contributed by atoms with E-state index >= 15 is 0 Å². The molecule has 1 aliphatic heterocycles. The van der Waals surface area contributed by atoms with Crippen LogP contribution in [0, 0.1) is 10.1 Å². The zero-order valence-electron chi connectivity index (χ0n) is 11.1. The number of sulfonamides is 1. The Morgan fingerprint density at radius 3 is 2.48 bits per heavy atom. The first-order valence-corrected chi connectivity index (χ1v) is 7.72. The molecule has 1 aliphatic rings. The Labute approximate surface area is 121 Å². The first-order valence-electron chi connectivity index (χ1n) is 6.23. The maximum Gasteiger partial charge on any atom is 0.293 e. The quantitative estimate of drug-likeness (QED) is 0.428. The number of hydrogen-bond donors (Lipinski definition) is 2. The lowest BCUT2D eigenvalue weighted by atomic mass is 10.2. The molecule has 0 aliphatic carbocycles. The summed E-state index contributed by atoms with van der Waals surface area (Å²) in [6, 6.07) is 2.17. The average Bonchev–Trinajstić information content (AvgIpc) is 2.46. The summed E-state index contributed by atoms with van der Waals surface area (Å²) < 4.78 is 37.1. The van der Waals surface area contributed by atoms with Crippen molar-refractivity contribution >= 4 is 15.7 Å². The molecule has 0 aromatic heterocycles. The van der Waals surface area contributed by atoms with Gasteiger partial charge < -0.3 is 15.2 Å². The lowest BCUT2D eigenvalue weighted by Crippen LogP contribution is -2.27. The third-order valence-corrected chi connectivity index (χ3v) is 4.27. The van der Waals surface area contributed by atoms with E-state index in [-0.39, 0.29) is 31.3 Å². The van der Waals surface area contributed by atoms with Crippen molar-refractivity contribution < 1.29 is 22.8 Å². The minimum absolute atomic E-state index is 0.102. The Hall–Kier alpha value is -1.91. The predicted molar refractivity (Wildman–Crippen MR) is 72.9 cm³/mol. The molecule has 0 bridgehead atoms. The second-order valence-corrected chi connectivity index (χ2v) is 6.00. The van der Waals surface area contributed by atoms with E-state index in [0.717, 1.165) is 12.1 Å². The summed E-state index contributed by atoms with van der Waals surface area (Å²) in [6.07, 6.45) is 0.428. The van der Waals surface area contributed by atoms with Crippen LogP contribution in [-0.2, 0) is 10.0 Å². The van der Waals surface area contributed by atoms with Crippen LogP contribution in [0.15, 0.2) is 17.0 Å². The summed E-state index contributed by atoms with van der Waals surface area (Å²) in [4.78, 5) is 9.86. The SMILES string of the molecule is NCCCNS(=O)(=O)c1cc2c(cc1[N+](=O)[O-])OCCO2. The third kappa shape index (κ3) is 3.40. The number of nitro benzene ring substituents is 1. The molecular formula is C11H15N3O6S. The van der Waals surface area contributed by atoms with E-state index in [1.807, 2.05) is 0 Å². The maximum atomic E-state index is 12.2. The van der Waals surface area contributed by atoms with Gasteiger partial charge in [0.2, 0.25) is 10.0 Å². The number of ether oxygens (including phenoxy) is 2. The minimum Gasteiger partial charge on any atom is -0.486 e. The lowest BCUT2D eigenvalue weighted by Gasteiger charge is -2.19. The summed E-state index contributed by atoms with van der Waals surface area (Å²) in [5, 5.41) is 11.1. The van der Waals surface area contributed by atoms with Gasteiger partial charge >= 0.3 is 0 Å². The third-order valence-electron chi connectivity index (χ3n) is 2.78. The zero-order chi connectivity index (χ0) is 15.5. The van der Waals surface area contributed by atoms with Gasteiger partial charge in [-0.15, -0.1) is 0 Å². The van der Waals surface area contributed by atoms with E-state index < -0.39 is 25.5 Å². The van der Waals surface area contributed by atoms with Crippen LogP contribution in [0.3, 0.4) is 0 Å². The summed E-state index contributed by atoms with van der Waals surface area (Å²) in [5.41, 5.74) is 4.73. The van der Waals surface area contributed by atoms with Crippen molar-refractivity contribution in [2.45, 2.75) is 11.3 Å². The zero-order valence-corrected chi connectivity index (χ0v) is 11.9. The number of nitrogens with zero attached hydrogens (tertiary/aromatic N) is 1. The monoisotopic (exact) mass is 317 g/mol. The molecule has 1 heterocycles. The molecule has 0 unspecified atom stereocenters. The van der Waals surface area contributed by atoms with Crippen molar-refractivity contribution in [3.05, 3.63) is 22.2 Å². The average molecular weight is 317 g/mol. The van der Waals surface area contributed by atoms with Gasteiger partial charge in [-0.3, -0.25) is 10.1 Å². The molecule has 0 atom stereocenters. The van der Waals surface area contributed by atoms with Gasteiger partial charge in [0.1, 0.15) is 13.2 Å². The second kappa shape index (κ2) is 6.24. The van der Waals surface area contributed by atoms with Crippen LogP contribution in [-0.4, -0.2) is 39.6 Å². The van der Waals surface area contributed by atoms with E-state index in [0.29, 0.717) is 13.0 Å². The molecule has 1 aromatic rings. The highest BCUT2D eigenvalue weighted by atomic mass is 32.2. The molecule has 0 fully saturated rings. The van der Waals surface area contributed by atoms with Crippen molar-refractivity contribution in [3.8, 4) is 11.5 Å². The van der Waals surface area contributed by atoms with Crippen molar-refractivity contribution in [1.29, 1.82) is 0 Å². The molecule has 3 N–H and O–H groups in total. The van der Waals surface area contributed by atoms with Crippen LogP contribution >= 0.6 is 0 Å². The molecule has 1 aromatic carbocycles. The van der Waals surface area contributed by atoms with Gasteiger partial charge in [-0.1, -0.05) is 0 Å². The van der Waals surface area contributed by atoms with Crippen LogP contribution in [0.1, 0.15) is 6.42 Å². The first-order chi connectivity index (χ1) is 9.95. The highest BCUT2D eigenvalue weighted by Crippen LogP contribution is 2.38. The molecule has 10 heteroatoms. The maximum absolute atomic E-state index is 12.2. The normalized spacial score (nSPS) is 14.0. The predicted octanol–water partition coefficient (Wildman–Crippen LogP) is -0.00690. The molecule has 21 heavy (non-hydrogen) atoms. The summed E-state index contributed by atoms with van der Waals surface area (Å²) in [7, 11) is -4.02. The topological polar surface area (TPSA) is 134 Å². The first kappa shape index (κ1) is 15.5. The molecule has 0 radical (unpaired) electrons. The molecule has 0 spiro atoms. The summed E-state index contributed by atoms with van der Waals surface area (Å²) in [6.45, 7) is 0.923. The van der Waals surface area contributed by atoms with Crippen LogP contribution in [0.4, 0.5) is 5.69 Å². The Kier molecular flexibility index (Phi) is 4.60. The number of benzene rings is 1. The Bertz CT molecular complexity index is 646. The van der Waals surface area contributed by atoms with Crippen LogP contribution in [0.5, 0.6) is 11.5 Å². The number of hydrogen-bond acceptors (Lipinski definition) is 7. The van der Waals surface area contributed by atoms with Gasteiger partial charge in [-0.2, -0.15) is 0 Å². The highest BCUT2D eigenvalue weighted by molar-refractivity contribution is 7.89. The van der Waals surface area contributed by atoms with Crippen molar-refractivity contribution in [2.24, 2.45) is 5.73 Å². The largest absolute Gasteiger partial charge is 0.486 e. The molecule has 0 saturated carbocycles. The van der Waals surface area contributed by atoms with Crippen LogP contribution < -0.4 is 19.9 Å². The standard InChI is InChI=1S/C11H15N3O6S/c12-2-1-3-13-21(17,18)11-7-10-9(19-4-5-20-10)6-8(11)14(15)16/h6-7,13H,1-5,12H2. The molecule has 0 saturated heterocycles. The number of nitrogens with two attached hydrogens (primary N) is 1. The van der Waals surface area contributed by atoms with E-state index in [1.165, 1.54) is 0 Å². The molecule has 2 rings (SSSR count). The van der Waals surface area contributed by atoms with Crippen molar-refractivity contribution in [1.82, 2.24) is 4.72 Å². The van der Waals surface area contributed by atoms with Crippen LogP contribution in [0.2, 0.25) is 0 Å². The fourth-order valence-electron chi connectivity index (χ4n) is 1.80. The molecule has 0 amide bonds. The van der Waals surface area contributed by atoms with Crippen LogP contribution in [0.25, 0.3) is 0 Å². The van der Waals surface area contributed by atoms with Gasteiger partial charge in [-0.05, 0) is 13.0 Å². The minimum atomic E-state index is -4.02. The van der Waals surface area contributed by atoms with Gasteiger partial charge in [0.15, 0.2) is 16.4 Å². The summed E-state index contributed by atoms with van der Waals surface area (Å²) in [5.74, 6) is 0.333. The molecule has 9 nitrogen and oxygen atoms in total.